The zero-order valence-electron chi connectivity index (χ0n) is 8.83. The molecule has 0 bridgehead atoms. The predicted octanol–water partition coefficient (Wildman–Crippen LogP) is 1.78. The van der Waals surface area contributed by atoms with E-state index in [9.17, 15) is 17.4 Å². The van der Waals surface area contributed by atoms with Crippen LogP contribution < -0.4 is 5.73 Å². The summed E-state index contributed by atoms with van der Waals surface area (Å²) in [6.07, 6.45) is -4.15. The van der Waals surface area contributed by atoms with E-state index in [-0.39, 0.29) is 22.9 Å². The average Bonchev–Trinajstić information content (AvgIpc) is 2.24. The van der Waals surface area contributed by atoms with Gasteiger partial charge < -0.3 is 10.8 Å². The lowest BCUT2D eigenvalue weighted by atomic mass is 10.2. The molecule has 3 N–H and O–H groups in total. The van der Waals surface area contributed by atoms with Crippen LogP contribution in [0.4, 0.5) is 18.9 Å². The van der Waals surface area contributed by atoms with Crippen LogP contribution in [0.15, 0.2) is 23.1 Å². The summed E-state index contributed by atoms with van der Waals surface area (Å²) >= 11 is 0. The number of hydrogen-bond donors (Lipinski definition) is 2. The lowest BCUT2D eigenvalue weighted by Gasteiger charge is -2.10. The first kappa shape index (κ1) is 14.0. The van der Waals surface area contributed by atoms with Crippen molar-refractivity contribution in [2.45, 2.75) is 17.5 Å². The first-order valence-electron chi connectivity index (χ1n) is 4.82. The molecule has 0 aliphatic carbocycles. The SMILES string of the molecule is Nc1cc(C(F)(F)F)ccc1S(=O)CCCO. The molecule has 0 aromatic heterocycles. The van der Waals surface area contributed by atoms with Gasteiger partial charge in [0.15, 0.2) is 0 Å². The number of hydrogen-bond acceptors (Lipinski definition) is 3. The first-order chi connectivity index (χ1) is 7.86. The fraction of sp³-hybridized carbons (Fsp3) is 0.400. The zero-order chi connectivity index (χ0) is 13.1. The smallest absolute Gasteiger partial charge is 0.398 e. The van der Waals surface area contributed by atoms with E-state index in [4.69, 9.17) is 10.8 Å². The number of aliphatic hydroxyl groups is 1. The van der Waals surface area contributed by atoms with Gasteiger partial charge in [0.25, 0.3) is 0 Å². The lowest BCUT2D eigenvalue weighted by Crippen LogP contribution is -2.08. The quantitative estimate of drug-likeness (QED) is 0.817. The van der Waals surface area contributed by atoms with Gasteiger partial charge in [0.2, 0.25) is 0 Å². The molecule has 1 unspecified atom stereocenters. The van der Waals surface area contributed by atoms with Crippen LogP contribution in [0.2, 0.25) is 0 Å². The fourth-order valence-electron chi connectivity index (χ4n) is 1.24. The van der Waals surface area contributed by atoms with E-state index >= 15 is 0 Å². The van der Waals surface area contributed by atoms with Crippen molar-refractivity contribution in [2.75, 3.05) is 18.1 Å². The Morgan fingerprint density at radius 1 is 1.35 bits per heavy atom. The highest BCUT2D eigenvalue weighted by Crippen LogP contribution is 2.32. The summed E-state index contributed by atoms with van der Waals surface area (Å²) in [5.41, 5.74) is 4.43. The molecule has 1 aromatic rings. The maximum atomic E-state index is 12.3. The van der Waals surface area contributed by atoms with Crippen LogP contribution in [0.25, 0.3) is 0 Å². The van der Waals surface area contributed by atoms with Crippen LogP contribution in [0.5, 0.6) is 0 Å². The van der Waals surface area contributed by atoms with Crippen molar-refractivity contribution in [3.63, 3.8) is 0 Å². The molecule has 1 aromatic carbocycles. The van der Waals surface area contributed by atoms with Crippen molar-refractivity contribution >= 4 is 16.5 Å². The summed E-state index contributed by atoms with van der Waals surface area (Å²) < 4.78 is 48.6. The second-order valence-corrected chi connectivity index (χ2v) is 4.92. The van der Waals surface area contributed by atoms with Gasteiger partial charge in [-0.15, -0.1) is 0 Å². The molecule has 0 saturated heterocycles. The number of halogens is 3. The summed E-state index contributed by atoms with van der Waals surface area (Å²) in [7, 11) is -1.48. The Hall–Kier alpha value is -1.08. The second kappa shape index (κ2) is 5.50. The largest absolute Gasteiger partial charge is 0.416 e. The van der Waals surface area contributed by atoms with Crippen molar-refractivity contribution in [3.05, 3.63) is 23.8 Å². The van der Waals surface area contributed by atoms with E-state index < -0.39 is 22.5 Å². The Morgan fingerprint density at radius 2 is 2.00 bits per heavy atom. The van der Waals surface area contributed by atoms with E-state index in [1.807, 2.05) is 0 Å². The van der Waals surface area contributed by atoms with Crippen LogP contribution in [0, 0.1) is 0 Å². The highest BCUT2D eigenvalue weighted by molar-refractivity contribution is 7.85. The maximum Gasteiger partial charge on any atom is 0.416 e. The highest BCUT2D eigenvalue weighted by Gasteiger charge is 2.31. The van der Waals surface area contributed by atoms with Gasteiger partial charge in [-0.3, -0.25) is 4.21 Å². The Morgan fingerprint density at radius 3 is 2.47 bits per heavy atom. The molecule has 0 aliphatic rings. The Balaban J connectivity index is 2.94. The first-order valence-corrected chi connectivity index (χ1v) is 6.14. The third-order valence-electron chi connectivity index (χ3n) is 2.07. The van der Waals surface area contributed by atoms with Gasteiger partial charge in [-0.25, -0.2) is 0 Å². The molecule has 0 spiro atoms. The molecule has 0 fully saturated rings. The predicted molar refractivity (Wildman–Crippen MR) is 58.8 cm³/mol. The Bertz CT molecular complexity index is 421. The van der Waals surface area contributed by atoms with Gasteiger partial charge in [-0.1, -0.05) is 0 Å². The third-order valence-corrected chi connectivity index (χ3v) is 3.59. The molecular formula is C10H12F3NO2S. The molecule has 17 heavy (non-hydrogen) atoms. The summed E-state index contributed by atoms with van der Waals surface area (Å²) in [6, 6.07) is 2.74. The minimum atomic E-state index is -4.46. The van der Waals surface area contributed by atoms with Crippen LogP contribution in [-0.4, -0.2) is 21.7 Å². The number of aliphatic hydroxyl groups excluding tert-OH is 1. The monoisotopic (exact) mass is 267 g/mol. The standard InChI is InChI=1S/C10H12F3NO2S/c11-10(12,13)7-2-3-9(8(14)6-7)17(16)5-1-4-15/h2-3,6,15H,1,4-5,14H2. The zero-order valence-corrected chi connectivity index (χ0v) is 9.64. The molecule has 0 aliphatic heterocycles. The van der Waals surface area contributed by atoms with Crippen LogP contribution in [-0.2, 0) is 17.0 Å². The van der Waals surface area contributed by atoms with Gasteiger partial charge in [-0.2, -0.15) is 13.2 Å². The minimum absolute atomic E-state index is 0.119. The Kier molecular flexibility index (Phi) is 4.53. The molecule has 0 radical (unpaired) electrons. The lowest BCUT2D eigenvalue weighted by molar-refractivity contribution is -0.137. The third kappa shape index (κ3) is 3.71. The van der Waals surface area contributed by atoms with Gasteiger partial charge >= 0.3 is 6.18 Å². The molecule has 0 amide bonds. The van der Waals surface area contributed by atoms with E-state index in [2.05, 4.69) is 0 Å². The average molecular weight is 267 g/mol. The summed E-state index contributed by atoms with van der Waals surface area (Å²) in [5, 5.41) is 8.57. The van der Waals surface area contributed by atoms with Crippen LogP contribution >= 0.6 is 0 Å². The molecule has 0 saturated carbocycles. The van der Waals surface area contributed by atoms with Gasteiger partial charge in [0.05, 0.1) is 21.3 Å². The number of anilines is 1. The molecular weight excluding hydrogens is 255 g/mol. The van der Waals surface area contributed by atoms with Crippen molar-refractivity contribution in [2.24, 2.45) is 0 Å². The van der Waals surface area contributed by atoms with E-state index in [1.54, 1.807) is 0 Å². The summed E-state index contributed by atoms with van der Waals surface area (Å²) in [6.45, 7) is -0.119. The van der Waals surface area contributed by atoms with Crippen LogP contribution in [0.3, 0.4) is 0 Å². The van der Waals surface area contributed by atoms with E-state index in [1.165, 1.54) is 0 Å². The van der Waals surface area contributed by atoms with Crippen LogP contribution in [0.1, 0.15) is 12.0 Å². The number of rotatable bonds is 4. The van der Waals surface area contributed by atoms with Crippen molar-refractivity contribution < 1.29 is 22.5 Å². The van der Waals surface area contributed by atoms with Crippen molar-refractivity contribution in [3.8, 4) is 0 Å². The summed E-state index contributed by atoms with van der Waals surface area (Å²) in [4.78, 5) is 0.173. The number of alkyl halides is 3. The molecule has 3 nitrogen and oxygen atoms in total. The topological polar surface area (TPSA) is 63.3 Å². The second-order valence-electron chi connectivity index (χ2n) is 3.38. The van der Waals surface area contributed by atoms with Gasteiger partial charge in [0, 0.05) is 18.0 Å². The van der Waals surface area contributed by atoms with Gasteiger partial charge in [-0.05, 0) is 24.6 Å². The fourth-order valence-corrected chi connectivity index (χ4v) is 2.39. The highest BCUT2D eigenvalue weighted by atomic mass is 32.2. The Labute approximate surface area is 98.9 Å². The van der Waals surface area contributed by atoms with Crippen molar-refractivity contribution in [1.82, 2.24) is 0 Å². The maximum absolute atomic E-state index is 12.3. The van der Waals surface area contributed by atoms with Gasteiger partial charge in [0.1, 0.15) is 0 Å². The van der Waals surface area contributed by atoms with Crippen molar-refractivity contribution in [1.29, 1.82) is 0 Å². The minimum Gasteiger partial charge on any atom is -0.398 e. The number of nitrogen functional groups attached to an aromatic ring is 1. The number of nitrogens with two attached hydrogens (primary N) is 1. The summed E-state index contributed by atoms with van der Waals surface area (Å²) in [5.74, 6) is 0.173. The van der Waals surface area contributed by atoms with E-state index in [0.717, 1.165) is 18.2 Å². The molecule has 0 heterocycles. The molecule has 1 atom stereocenters. The van der Waals surface area contributed by atoms with E-state index in [0.29, 0.717) is 6.42 Å². The molecule has 7 heteroatoms. The normalized spacial score (nSPS) is 13.6. The molecule has 1 rings (SSSR count). The molecule has 96 valence electrons. The number of benzene rings is 1.